The number of furan rings is 1. The first-order chi connectivity index (χ1) is 13.6. The normalized spacial score (nSPS) is 12.9. The SMILES string of the molecule is CCN(CCO)C(c1cccc(C)c1)c1sc2nc(-c3ccco3)nn2c1O. The standard InChI is InChI=1S/C20H22N4O3S/c1-3-23(9-10-25)16(14-7-4-6-13(2)12-14)17-19(26)24-20(28-17)21-18(22-24)15-8-5-11-27-15/h4-8,11-12,16,25-26H,3,9-10H2,1-2H3. The van der Waals surface area contributed by atoms with Gasteiger partial charge in [-0.1, -0.05) is 48.1 Å². The number of aromatic hydroxyl groups is 1. The van der Waals surface area contributed by atoms with Gasteiger partial charge in [-0.05, 0) is 31.2 Å². The molecular weight excluding hydrogens is 376 g/mol. The number of thiazole rings is 1. The Hall–Kier alpha value is -2.68. The molecular formula is C20H22N4O3S. The lowest BCUT2D eigenvalue weighted by Gasteiger charge is -2.30. The maximum absolute atomic E-state index is 11.0. The van der Waals surface area contributed by atoms with Crippen molar-refractivity contribution in [2.45, 2.75) is 19.9 Å². The number of aliphatic hydroxyl groups is 1. The Kier molecular flexibility index (Phi) is 5.17. The van der Waals surface area contributed by atoms with Crippen LogP contribution in [0.15, 0.2) is 47.1 Å². The maximum Gasteiger partial charge on any atom is 0.230 e. The van der Waals surface area contributed by atoms with Gasteiger partial charge in [0, 0.05) is 6.54 Å². The number of aromatic nitrogens is 3. The van der Waals surface area contributed by atoms with Crippen LogP contribution < -0.4 is 0 Å². The lowest BCUT2D eigenvalue weighted by Crippen LogP contribution is -2.31. The Morgan fingerprint density at radius 1 is 1.29 bits per heavy atom. The van der Waals surface area contributed by atoms with Crippen molar-refractivity contribution >= 4 is 16.3 Å². The smallest absolute Gasteiger partial charge is 0.230 e. The average molecular weight is 398 g/mol. The predicted octanol–water partition coefficient (Wildman–Crippen LogP) is 3.47. The third kappa shape index (κ3) is 3.30. The number of benzene rings is 1. The molecule has 8 heteroatoms. The molecule has 3 aromatic heterocycles. The van der Waals surface area contributed by atoms with E-state index in [0.29, 0.717) is 23.1 Å². The molecule has 0 radical (unpaired) electrons. The molecule has 0 aliphatic rings. The fourth-order valence-corrected chi connectivity index (χ4v) is 4.52. The largest absolute Gasteiger partial charge is 0.492 e. The summed E-state index contributed by atoms with van der Waals surface area (Å²) in [6.07, 6.45) is 1.57. The highest BCUT2D eigenvalue weighted by molar-refractivity contribution is 7.17. The van der Waals surface area contributed by atoms with E-state index >= 15 is 0 Å². The van der Waals surface area contributed by atoms with Gasteiger partial charge in [-0.3, -0.25) is 4.90 Å². The second-order valence-electron chi connectivity index (χ2n) is 6.57. The second kappa shape index (κ2) is 7.75. The molecule has 2 N–H and O–H groups in total. The minimum atomic E-state index is -0.197. The van der Waals surface area contributed by atoms with Crippen LogP contribution in [0.2, 0.25) is 0 Å². The van der Waals surface area contributed by atoms with E-state index < -0.39 is 0 Å². The molecule has 0 saturated carbocycles. The van der Waals surface area contributed by atoms with Crippen LogP contribution >= 0.6 is 11.3 Å². The zero-order valence-electron chi connectivity index (χ0n) is 15.7. The molecule has 0 saturated heterocycles. The van der Waals surface area contributed by atoms with Crippen molar-refractivity contribution < 1.29 is 14.6 Å². The van der Waals surface area contributed by atoms with E-state index in [1.165, 1.54) is 15.9 Å². The number of aliphatic hydroxyl groups excluding tert-OH is 1. The lowest BCUT2D eigenvalue weighted by atomic mass is 10.0. The van der Waals surface area contributed by atoms with Gasteiger partial charge in [0.25, 0.3) is 0 Å². The monoisotopic (exact) mass is 398 g/mol. The third-order valence-electron chi connectivity index (χ3n) is 4.71. The van der Waals surface area contributed by atoms with Crippen LogP contribution in [0.4, 0.5) is 0 Å². The fraction of sp³-hybridized carbons (Fsp3) is 0.300. The molecule has 0 fully saturated rings. The lowest BCUT2D eigenvalue weighted by molar-refractivity contribution is 0.174. The van der Waals surface area contributed by atoms with Crippen LogP contribution in [-0.2, 0) is 0 Å². The molecule has 28 heavy (non-hydrogen) atoms. The summed E-state index contributed by atoms with van der Waals surface area (Å²) >= 11 is 1.39. The van der Waals surface area contributed by atoms with Crippen LogP contribution in [0.25, 0.3) is 16.5 Å². The molecule has 0 spiro atoms. The van der Waals surface area contributed by atoms with E-state index in [1.807, 2.05) is 32.0 Å². The zero-order valence-corrected chi connectivity index (χ0v) is 16.6. The van der Waals surface area contributed by atoms with Crippen LogP contribution in [0.5, 0.6) is 5.88 Å². The molecule has 1 aromatic carbocycles. The Morgan fingerprint density at radius 3 is 2.79 bits per heavy atom. The molecule has 0 aliphatic carbocycles. The van der Waals surface area contributed by atoms with Crippen molar-refractivity contribution in [1.29, 1.82) is 0 Å². The Morgan fingerprint density at radius 2 is 2.14 bits per heavy atom. The van der Waals surface area contributed by atoms with Gasteiger partial charge >= 0.3 is 0 Å². The topological polar surface area (TPSA) is 87.0 Å². The molecule has 1 atom stereocenters. The minimum absolute atomic E-state index is 0.0420. The summed E-state index contributed by atoms with van der Waals surface area (Å²) in [4.78, 5) is 7.99. The summed E-state index contributed by atoms with van der Waals surface area (Å²) in [6, 6.07) is 11.6. The van der Waals surface area contributed by atoms with E-state index in [-0.39, 0.29) is 18.5 Å². The summed E-state index contributed by atoms with van der Waals surface area (Å²) in [5.74, 6) is 1.06. The van der Waals surface area contributed by atoms with E-state index in [0.717, 1.165) is 22.5 Å². The second-order valence-corrected chi connectivity index (χ2v) is 7.57. The summed E-state index contributed by atoms with van der Waals surface area (Å²) in [7, 11) is 0. The summed E-state index contributed by atoms with van der Waals surface area (Å²) < 4.78 is 6.81. The van der Waals surface area contributed by atoms with Crippen LogP contribution in [-0.4, -0.2) is 49.4 Å². The van der Waals surface area contributed by atoms with Crippen molar-refractivity contribution in [3.8, 4) is 17.5 Å². The molecule has 4 aromatic rings. The molecule has 0 bridgehead atoms. The highest BCUT2D eigenvalue weighted by Crippen LogP contribution is 2.40. The molecule has 0 amide bonds. The summed E-state index contributed by atoms with van der Waals surface area (Å²) in [6.45, 7) is 5.35. The number of nitrogens with zero attached hydrogens (tertiary/aromatic N) is 4. The first-order valence-electron chi connectivity index (χ1n) is 9.16. The Bertz CT molecular complexity index is 1070. The first kappa shape index (κ1) is 18.7. The molecule has 0 aliphatic heterocycles. The summed E-state index contributed by atoms with van der Waals surface area (Å²) in [5, 5.41) is 24.9. The highest BCUT2D eigenvalue weighted by Gasteiger charge is 2.29. The van der Waals surface area contributed by atoms with Crippen molar-refractivity contribution in [2.75, 3.05) is 19.7 Å². The van der Waals surface area contributed by atoms with Gasteiger partial charge in [-0.15, -0.1) is 5.10 Å². The maximum atomic E-state index is 11.0. The molecule has 7 nitrogen and oxygen atoms in total. The number of fused-ring (bicyclic) bond motifs is 1. The van der Waals surface area contributed by atoms with Gasteiger partial charge in [0.1, 0.15) is 0 Å². The fourth-order valence-electron chi connectivity index (χ4n) is 3.40. The van der Waals surface area contributed by atoms with Gasteiger partial charge in [-0.25, -0.2) is 0 Å². The van der Waals surface area contributed by atoms with Gasteiger partial charge in [0.05, 0.1) is 23.8 Å². The molecule has 1 unspecified atom stereocenters. The predicted molar refractivity (Wildman–Crippen MR) is 108 cm³/mol. The highest BCUT2D eigenvalue weighted by atomic mass is 32.1. The number of rotatable bonds is 7. The van der Waals surface area contributed by atoms with Crippen LogP contribution in [0.1, 0.15) is 29.0 Å². The van der Waals surface area contributed by atoms with Gasteiger partial charge in [-0.2, -0.15) is 9.50 Å². The third-order valence-corrected chi connectivity index (χ3v) is 5.78. The Balaban J connectivity index is 1.82. The van der Waals surface area contributed by atoms with Gasteiger partial charge < -0.3 is 14.6 Å². The van der Waals surface area contributed by atoms with Crippen LogP contribution in [0, 0.1) is 6.92 Å². The van der Waals surface area contributed by atoms with E-state index in [1.54, 1.807) is 18.4 Å². The number of hydrogen-bond acceptors (Lipinski definition) is 7. The average Bonchev–Trinajstić information content (AvgIpc) is 3.40. The van der Waals surface area contributed by atoms with Crippen molar-refractivity contribution in [3.05, 3.63) is 58.7 Å². The van der Waals surface area contributed by atoms with Gasteiger partial charge in [0.15, 0.2) is 5.76 Å². The van der Waals surface area contributed by atoms with Crippen molar-refractivity contribution in [1.82, 2.24) is 19.5 Å². The minimum Gasteiger partial charge on any atom is -0.492 e. The molecule has 4 rings (SSSR count). The molecule has 3 heterocycles. The first-order valence-corrected chi connectivity index (χ1v) is 9.97. The number of hydrogen-bond donors (Lipinski definition) is 2. The molecule has 146 valence electrons. The quantitative estimate of drug-likeness (QED) is 0.496. The summed E-state index contributed by atoms with van der Waals surface area (Å²) in [5.41, 5.74) is 2.20. The van der Waals surface area contributed by atoms with E-state index in [9.17, 15) is 10.2 Å². The van der Waals surface area contributed by atoms with Crippen molar-refractivity contribution in [3.63, 3.8) is 0 Å². The van der Waals surface area contributed by atoms with E-state index in [4.69, 9.17) is 4.42 Å². The van der Waals surface area contributed by atoms with Crippen LogP contribution in [0.3, 0.4) is 0 Å². The van der Waals surface area contributed by atoms with Crippen molar-refractivity contribution in [2.24, 2.45) is 0 Å². The van der Waals surface area contributed by atoms with Gasteiger partial charge in [0.2, 0.25) is 16.7 Å². The van der Waals surface area contributed by atoms with E-state index in [2.05, 4.69) is 21.0 Å². The number of aryl methyl sites for hydroxylation is 1. The Labute approximate surface area is 166 Å². The number of likely N-dealkylation sites (N-methyl/N-ethyl adjacent to an activating group) is 1. The zero-order chi connectivity index (χ0) is 19.7.